The second-order valence-corrected chi connectivity index (χ2v) is 7.63. The largest absolute Gasteiger partial charge is 0.490 e. The molecule has 4 atom stereocenters. The van der Waals surface area contributed by atoms with E-state index in [9.17, 15) is 14.9 Å². The van der Waals surface area contributed by atoms with Crippen molar-refractivity contribution in [1.82, 2.24) is 5.32 Å². The number of terminal acetylenes is 1. The van der Waals surface area contributed by atoms with Crippen LogP contribution < -0.4 is 20.1 Å². The van der Waals surface area contributed by atoms with Crippen molar-refractivity contribution in [1.29, 1.82) is 0 Å². The highest BCUT2D eigenvalue weighted by atomic mass is 16.6. The van der Waals surface area contributed by atoms with E-state index in [1.54, 1.807) is 42.5 Å². The zero-order chi connectivity index (χ0) is 22.2. The second kappa shape index (κ2) is 7.93. The number of fused-ring (bicyclic) bond motifs is 2. The van der Waals surface area contributed by atoms with Gasteiger partial charge in [0.1, 0.15) is 6.61 Å². The number of nitrogens with zero attached hydrogens (tertiary/aromatic N) is 1. The first kappa shape index (κ1) is 20.7. The summed E-state index contributed by atoms with van der Waals surface area (Å²) in [6.07, 6.45) is 5.28. The van der Waals surface area contributed by atoms with Gasteiger partial charge in [-0.15, -0.1) is 6.42 Å². The van der Waals surface area contributed by atoms with E-state index in [2.05, 4.69) is 16.6 Å². The summed E-state index contributed by atoms with van der Waals surface area (Å²) in [5.41, 5.74) is 0.421. The van der Waals surface area contributed by atoms with Gasteiger partial charge in [0.05, 0.1) is 12.5 Å². The van der Waals surface area contributed by atoms with Gasteiger partial charge in [-0.25, -0.2) is 0 Å². The van der Waals surface area contributed by atoms with Crippen molar-refractivity contribution in [2.45, 2.75) is 37.4 Å². The van der Waals surface area contributed by atoms with Gasteiger partial charge in [0.15, 0.2) is 17.0 Å². The van der Waals surface area contributed by atoms with E-state index >= 15 is 0 Å². The molecule has 8 heteroatoms. The highest BCUT2D eigenvalue weighted by Gasteiger charge is 2.67. The Bertz CT molecular complexity index is 1080. The van der Waals surface area contributed by atoms with E-state index in [4.69, 9.17) is 15.9 Å². The lowest BCUT2D eigenvalue weighted by Gasteiger charge is -2.25. The number of amides is 1. The van der Waals surface area contributed by atoms with Gasteiger partial charge < -0.3 is 14.8 Å². The molecule has 8 nitrogen and oxygen atoms in total. The van der Waals surface area contributed by atoms with Gasteiger partial charge in [-0.1, -0.05) is 30.2 Å². The van der Waals surface area contributed by atoms with Crippen LogP contribution in [0.1, 0.15) is 30.9 Å². The number of ether oxygens (including phenoxy) is 2. The summed E-state index contributed by atoms with van der Waals surface area (Å²) in [5, 5.41) is 18.4. The highest BCUT2D eigenvalue weighted by molar-refractivity contribution is 6.07. The molecule has 0 bridgehead atoms. The lowest BCUT2D eigenvalue weighted by atomic mass is 9.78. The van der Waals surface area contributed by atoms with E-state index in [-0.39, 0.29) is 17.6 Å². The Balaban J connectivity index is 1.81. The first-order valence-electron chi connectivity index (χ1n) is 10.1. The minimum Gasteiger partial charge on any atom is -0.490 e. The molecule has 1 amide bonds. The van der Waals surface area contributed by atoms with Gasteiger partial charge in [-0.2, -0.15) is 0 Å². The molecule has 0 aromatic heterocycles. The molecule has 2 aliphatic heterocycles. The lowest BCUT2D eigenvalue weighted by molar-refractivity contribution is -0.532. The lowest BCUT2D eigenvalue weighted by Crippen LogP contribution is -2.54. The summed E-state index contributed by atoms with van der Waals surface area (Å²) in [5.74, 6) is 2.35. The molecular weight excluding hydrogens is 398 g/mol. The molecule has 160 valence electrons. The fourth-order valence-electron chi connectivity index (χ4n) is 4.79. The van der Waals surface area contributed by atoms with Crippen LogP contribution in [0.15, 0.2) is 42.5 Å². The van der Waals surface area contributed by atoms with Crippen molar-refractivity contribution < 1.29 is 19.2 Å². The number of carbonyl (C=O) groups excluding carboxylic acids is 1. The number of anilines is 1. The predicted octanol–water partition coefficient (Wildman–Crippen LogP) is 2.67. The molecule has 4 rings (SSSR count). The van der Waals surface area contributed by atoms with E-state index in [0.29, 0.717) is 34.9 Å². The molecule has 1 fully saturated rings. The van der Waals surface area contributed by atoms with Gasteiger partial charge in [-0.3, -0.25) is 20.2 Å². The summed E-state index contributed by atoms with van der Waals surface area (Å²) in [7, 11) is 0. The van der Waals surface area contributed by atoms with Crippen molar-refractivity contribution in [2.75, 3.05) is 18.5 Å². The number of para-hydroxylation sites is 1. The Morgan fingerprint density at radius 3 is 2.71 bits per heavy atom. The van der Waals surface area contributed by atoms with Crippen molar-refractivity contribution in [2.24, 2.45) is 0 Å². The zero-order valence-corrected chi connectivity index (χ0v) is 17.3. The van der Waals surface area contributed by atoms with Crippen LogP contribution in [0.4, 0.5) is 5.69 Å². The summed E-state index contributed by atoms with van der Waals surface area (Å²) in [4.78, 5) is 25.1. The summed E-state index contributed by atoms with van der Waals surface area (Å²) >= 11 is 0. The Morgan fingerprint density at radius 2 is 2.00 bits per heavy atom. The van der Waals surface area contributed by atoms with Crippen LogP contribution in [0.3, 0.4) is 0 Å². The summed E-state index contributed by atoms with van der Waals surface area (Å²) in [6, 6.07) is 10.7. The van der Waals surface area contributed by atoms with Crippen molar-refractivity contribution in [3.63, 3.8) is 0 Å². The Hall–Kier alpha value is -3.57. The average molecular weight is 421 g/mol. The van der Waals surface area contributed by atoms with Crippen molar-refractivity contribution in [3.8, 4) is 23.8 Å². The van der Waals surface area contributed by atoms with Gasteiger partial charge >= 0.3 is 0 Å². The molecule has 0 radical (unpaired) electrons. The maximum atomic E-state index is 13.1. The topological polar surface area (TPSA) is 103 Å². The molecule has 0 unspecified atom stereocenters. The molecule has 1 spiro atoms. The third-order valence-electron chi connectivity index (χ3n) is 5.93. The third-order valence-corrected chi connectivity index (χ3v) is 5.93. The summed E-state index contributed by atoms with van der Waals surface area (Å²) in [6.45, 7) is 4.17. The molecule has 0 saturated carbocycles. The maximum absolute atomic E-state index is 13.1. The van der Waals surface area contributed by atoms with Crippen LogP contribution in [0.5, 0.6) is 11.5 Å². The molecule has 2 aromatic rings. The summed E-state index contributed by atoms with van der Waals surface area (Å²) < 4.78 is 11.2. The van der Waals surface area contributed by atoms with Crippen LogP contribution in [0, 0.1) is 22.5 Å². The fourth-order valence-corrected chi connectivity index (χ4v) is 4.79. The van der Waals surface area contributed by atoms with Gasteiger partial charge in [0, 0.05) is 22.2 Å². The number of rotatable bonds is 6. The van der Waals surface area contributed by atoms with Crippen LogP contribution in [-0.4, -0.2) is 36.1 Å². The van der Waals surface area contributed by atoms with Crippen molar-refractivity contribution in [3.05, 3.63) is 63.7 Å². The monoisotopic (exact) mass is 421 g/mol. The molecule has 31 heavy (non-hydrogen) atoms. The maximum Gasteiger partial charge on any atom is 0.256 e. The fraction of sp³-hybridized carbons (Fsp3) is 0.348. The van der Waals surface area contributed by atoms with E-state index < -0.39 is 23.4 Å². The number of hydrogen-bond acceptors (Lipinski definition) is 6. The van der Waals surface area contributed by atoms with Crippen LogP contribution in [0.25, 0.3) is 0 Å². The second-order valence-electron chi connectivity index (χ2n) is 7.63. The highest BCUT2D eigenvalue weighted by Crippen LogP contribution is 2.50. The van der Waals surface area contributed by atoms with Gasteiger partial charge in [0.2, 0.25) is 0 Å². The van der Waals surface area contributed by atoms with Crippen LogP contribution in [-0.2, 0) is 10.3 Å². The van der Waals surface area contributed by atoms with E-state index in [1.165, 1.54) is 0 Å². The number of nitro groups is 1. The molecule has 2 aromatic carbocycles. The van der Waals surface area contributed by atoms with Crippen LogP contribution >= 0.6 is 0 Å². The standard InChI is InChI=1S/C23H23N3O5/c1-4-12-31-18-11-10-15(13-19(18)30-5-2)20-14(3)25-23(21(20)26(28)29)16-8-6-7-9-17(16)24-22(23)27/h1,6-11,13-14,20-21,25H,5,12H2,2-3H3,(H,24,27)/t14-,20-,21+,23+/m0/s1. The Kier molecular flexibility index (Phi) is 5.29. The van der Waals surface area contributed by atoms with Crippen molar-refractivity contribution >= 4 is 11.6 Å². The molecular formula is C23H23N3O5. The minimum absolute atomic E-state index is 0.0817. The van der Waals surface area contributed by atoms with E-state index in [1.807, 2.05) is 13.8 Å². The number of benzene rings is 2. The average Bonchev–Trinajstić information content (AvgIpc) is 3.21. The molecule has 2 heterocycles. The molecule has 2 aliphatic rings. The smallest absolute Gasteiger partial charge is 0.256 e. The number of hydrogen-bond donors (Lipinski definition) is 2. The van der Waals surface area contributed by atoms with Gasteiger partial charge in [-0.05, 0) is 37.6 Å². The quantitative estimate of drug-likeness (QED) is 0.422. The molecule has 2 N–H and O–H groups in total. The van der Waals surface area contributed by atoms with Gasteiger partial charge in [0.25, 0.3) is 11.9 Å². The Morgan fingerprint density at radius 1 is 1.23 bits per heavy atom. The number of carbonyl (C=O) groups is 1. The van der Waals surface area contributed by atoms with Crippen LogP contribution in [0.2, 0.25) is 0 Å². The predicted molar refractivity (Wildman–Crippen MR) is 115 cm³/mol. The molecule has 0 aliphatic carbocycles. The third kappa shape index (κ3) is 3.18. The minimum atomic E-state index is -1.45. The number of nitrogens with one attached hydrogen (secondary N) is 2. The molecule has 1 saturated heterocycles. The van der Waals surface area contributed by atoms with E-state index in [0.717, 1.165) is 0 Å². The first-order valence-corrected chi connectivity index (χ1v) is 10.1. The SMILES string of the molecule is C#CCOc1ccc([C@@H]2[C@H](C)N[C@@]3(C(=O)Nc4ccccc43)[C@@H]2[N+](=O)[O-])cc1OCC. The normalized spacial score (nSPS) is 26.2. The first-order chi connectivity index (χ1) is 14.9. The Labute approximate surface area is 180 Å². The zero-order valence-electron chi connectivity index (χ0n) is 17.3.